The van der Waals surface area contributed by atoms with E-state index in [-0.39, 0.29) is 11.8 Å². The number of rotatable bonds is 3. The molecule has 2 aromatic carbocycles. The highest BCUT2D eigenvalue weighted by Gasteiger charge is 2.51. The van der Waals surface area contributed by atoms with Crippen LogP contribution in [-0.4, -0.2) is 22.9 Å². The molecular weight excluding hydrogens is 332 g/mol. The highest BCUT2D eigenvalue weighted by atomic mass is 16.4. The lowest BCUT2D eigenvalue weighted by atomic mass is 9.82. The zero-order valence-corrected chi connectivity index (χ0v) is 13.9. The van der Waals surface area contributed by atoms with Gasteiger partial charge in [-0.15, -0.1) is 0 Å². The van der Waals surface area contributed by atoms with Crippen LogP contribution < -0.4 is 10.9 Å². The van der Waals surface area contributed by atoms with Crippen LogP contribution in [0.1, 0.15) is 16.8 Å². The number of carboxylic acids is 1. The molecule has 1 fully saturated rings. The Bertz CT molecular complexity index is 931. The van der Waals surface area contributed by atoms with Gasteiger partial charge in [-0.3, -0.25) is 25.2 Å². The second-order valence-electron chi connectivity index (χ2n) is 6.81. The summed E-state index contributed by atoms with van der Waals surface area (Å²) in [5.74, 6) is -3.45. The first-order chi connectivity index (χ1) is 12.6. The monoisotopic (exact) mass is 350 g/mol. The summed E-state index contributed by atoms with van der Waals surface area (Å²) >= 11 is 0. The zero-order chi connectivity index (χ0) is 18.3. The number of carbonyl (C=O) groups is 3. The number of fused-ring (bicyclic) bond motifs is 3. The first-order valence-corrected chi connectivity index (χ1v) is 8.55. The molecule has 26 heavy (non-hydrogen) atoms. The van der Waals surface area contributed by atoms with Crippen molar-refractivity contribution >= 4 is 28.6 Å². The summed E-state index contributed by atoms with van der Waals surface area (Å²) < 4.78 is 0. The number of hydrogen-bond acceptors (Lipinski definition) is 3. The van der Waals surface area contributed by atoms with E-state index >= 15 is 0 Å². The smallest absolute Gasteiger partial charge is 0.307 e. The van der Waals surface area contributed by atoms with Crippen LogP contribution in [0.5, 0.6) is 0 Å². The number of hydrazine groups is 1. The lowest BCUT2D eigenvalue weighted by Gasteiger charge is -2.23. The molecule has 4 atom stereocenters. The van der Waals surface area contributed by atoms with Gasteiger partial charge in [0.2, 0.25) is 5.91 Å². The minimum atomic E-state index is -0.970. The molecule has 6 heteroatoms. The van der Waals surface area contributed by atoms with Crippen molar-refractivity contribution in [1.82, 2.24) is 10.9 Å². The molecule has 132 valence electrons. The molecule has 0 saturated heterocycles. The first kappa shape index (κ1) is 16.3. The van der Waals surface area contributed by atoms with Gasteiger partial charge in [0.25, 0.3) is 5.91 Å². The van der Waals surface area contributed by atoms with Gasteiger partial charge >= 0.3 is 5.97 Å². The van der Waals surface area contributed by atoms with Crippen LogP contribution in [-0.2, 0) is 9.59 Å². The second-order valence-corrected chi connectivity index (χ2v) is 6.81. The number of allylic oxidation sites excluding steroid dienone is 2. The molecule has 2 aromatic rings. The van der Waals surface area contributed by atoms with E-state index in [1.165, 1.54) is 0 Å². The van der Waals surface area contributed by atoms with E-state index in [1.807, 2.05) is 42.5 Å². The van der Waals surface area contributed by atoms with E-state index in [0.29, 0.717) is 12.0 Å². The molecule has 0 unspecified atom stereocenters. The predicted molar refractivity (Wildman–Crippen MR) is 94.9 cm³/mol. The van der Waals surface area contributed by atoms with E-state index in [1.54, 1.807) is 12.1 Å². The molecule has 2 bridgehead atoms. The topological polar surface area (TPSA) is 95.5 Å². The van der Waals surface area contributed by atoms with E-state index < -0.39 is 29.6 Å². The summed E-state index contributed by atoms with van der Waals surface area (Å²) in [6, 6.07) is 12.8. The summed E-state index contributed by atoms with van der Waals surface area (Å²) in [6.07, 6.45) is 4.45. The van der Waals surface area contributed by atoms with Crippen molar-refractivity contribution in [2.75, 3.05) is 0 Å². The maximum absolute atomic E-state index is 12.5. The Morgan fingerprint density at radius 1 is 0.885 bits per heavy atom. The number of carboxylic acid groups (broad SMARTS) is 1. The minimum absolute atomic E-state index is 0.0874. The van der Waals surface area contributed by atoms with Crippen LogP contribution in [0.2, 0.25) is 0 Å². The van der Waals surface area contributed by atoms with Crippen molar-refractivity contribution in [1.29, 1.82) is 0 Å². The SMILES string of the molecule is O=C(NNC(=O)[C@H]1[C@@H](C(=O)O)[C@H]2C=C[C@H]1C2)c1cccc2ccccc12. The summed E-state index contributed by atoms with van der Waals surface area (Å²) in [5.41, 5.74) is 5.30. The molecule has 2 aliphatic rings. The predicted octanol–water partition coefficient (Wildman–Crippen LogP) is 2.12. The molecule has 3 N–H and O–H groups in total. The Morgan fingerprint density at radius 2 is 1.58 bits per heavy atom. The zero-order valence-electron chi connectivity index (χ0n) is 13.9. The molecule has 6 nitrogen and oxygen atoms in total. The summed E-state index contributed by atoms with van der Waals surface area (Å²) in [7, 11) is 0. The lowest BCUT2D eigenvalue weighted by molar-refractivity contribution is -0.148. The van der Waals surface area contributed by atoms with Crippen LogP contribution in [0, 0.1) is 23.7 Å². The van der Waals surface area contributed by atoms with Gasteiger partial charge < -0.3 is 5.11 Å². The van der Waals surface area contributed by atoms with Crippen LogP contribution in [0.4, 0.5) is 0 Å². The Hall–Kier alpha value is -3.15. The van der Waals surface area contributed by atoms with Gasteiger partial charge in [-0.05, 0) is 35.1 Å². The van der Waals surface area contributed by atoms with Gasteiger partial charge in [-0.1, -0.05) is 48.6 Å². The van der Waals surface area contributed by atoms with Gasteiger partial charge in [0, 0.05) is 5.56 Å². The number of carbonyl (C=O) groups excluding carboxylic acids is 2. The van der Waals surface area contributed by atoms with E-state index in [2.05, 4.69) is 10.9 Å². The molecule has 4 rings (SSSR count). The Kier molecular flexibility index (Phi) is 3.95. The molecule has 0 radical (unpaired) electrons. The lowest BCUT2D eigenvalue weighted by Crippen LogP contribution is -2.48. The molecule has 0 aromatic heterocycles. The van der Waals surface area contributed by atoms with Crippen LogP contribution in [0.25, 0.3) is 10.8 Å². The van der Waals surface area contributed by atoms with E-state index in [4.69, 9.17) is 0 Å². The molecule has 0 heterocycles. The number of benzene rings is 2. The Morgan fingerprint density at radius 3 is 2.35 bits per heavy atom. The normalized spacial score (nSPS) is 26.0. The van der Waals surface area contributed by atoms with Gasteiger partial charge in [0.15, 0.2) is 0 Å². The van der Waals surface area contributed by atoms with E-state index in [9.17, 15) is 19.5 Å². The summed E-state index contributed by atoms with van der Waals surface area (Å²) in [4.78, 5) is 36.5. The molecule has 1 saturated carbocycles. The molecule has 2 amide bonds. The highest BCUT2D eigenvalue weighted by molar-refractivity contribution is 6.07. The second kappa shape index (κ2) is 6.29. The van der Waals surface area contributed by atoms with Crippen molar-refractivity contribution < 1.29 is 19.5 Å². The van der Waals surface area contributed by atoms with Gasteiger partial charge in [-0.25, -0.2) is 0 Å². The fourth-order valence-electron chi connectivity index (χ4n) is 4.21. The first-order valence-electron chi connectivity index (χ1n) is 8.55. The van der Waals surface area contributed by atoms with Crippen molar-refractivity contribution in [3.05, 3.63) is 60.2 Å². The number of nitrogens with one attached hydrogen (secondary N) is 2. The molecular formula is C20H18N2O4. The standard InChI is InChI=1S/C20H18N2O4/c23-18(15-7-3-5-11-4-1-2-6-14(11)15)21-22-19(24)16-12-8-9-13(10-12)17(16)20(25)26/h1-9,12-13,16-17H,10H2,(H,21,23)(H,22,24)(H,25,26)/t12-,13-,16+,17-/m0/s1. The summed E-state index contributed by atoms with van der Waals surface area (Å²) in [6.45, 7) is 0. The maximum atomic E-state index is 12.5. The highest BCUT2D eigenvalue weighted by Crippen LogP contribution is 2.48. The largest absolute Gasteiger partial charge is 0.481 e. The van der Waals surface area contributed by atoms with Crippen LogP contribution in [0.3, 0.4) is 0 Å². The van der Waals surface area contributed by atoms with Crippen LogP contribution >= 0.6 is 0 Å². The third kappa shape index (κ3) is 2.63. The third-order valence-corrected chi connectivity index (χ3v) is 5.38. The van der Waals surface area contributed by atoms with Crippen LogP contribution in [0.15, 0.2) is 54.6 Å². The number of hydrogen-bond donors (Lipinski definition) is 3. The van der Waals surface area contributed by atoms with Crippen molar-refractivity contribution in [2.45, 2.75) is 6.42 Å². The van der Waals surface area contributed by atoms with Gasteiger partial charge in [0.1, 0.15) is 0 Å². The minimum Gasteiger partial charge on any atom is -0.481 e. The number of amides is 2. The third-order valence-electron chi connectivity index (χ3n) is 5.38. The summed E-state index contributed by atoms with van der Waals surface area (Å²) in [5, 5.41) is 11.1. The fourth-order valence-corrected chi connectivity index (χ4v) is 4.21. The molecule has 0 aliphatic heterocycles. The maximum Gasteiger partial charge on any atom is 0.307 e. The van der Waals surface area contributed by atoms with Gasteiger partial charge in [0.05, 0.1) is 11.8 Å². The average Bonchev–Trinajstić information content (AvgIpc) is 3.26. The van der Waals surface area contributed by atoms with Gasteiger partial charge in [-0.2, -0.15) is 0 Å². The van der Waals surface area contributed by atoms with E-state index in [0.717, 1.165) is 10.8 Å². The fraction of sp³-hybridized carbons (Fsp3) is 0.250. The van der Waals surface area contributed by atoms with Crippen molar-refractivity contribution in [2.24, 2.45) is 23.7 Å². The molecule has 2 aliphatic carbocycles. The van der Waals surface area contributed by atoms with Crippen molar-refractivity contribution in [3.8, 4) is 0 Å². The molecule has 0 spiro atoms. The average molecular weight is 350 g/mol. The quantitative estimate of drug-likeness (QED) is 0.584. The van der Waals surface area contributed by atoms with Crippen molar-refractivity contribution in [3.63, 3.8) is 0 Å². The Balaban J connectivity index is 1.48. The number of aliphatic carboxylic acids is 1. The Labute approximate surface area is 149 Å².